The van der Waals surface area contributed by atoms with Crippen LogP contribution in [0.25, 0.3) is 0 Å². The molecule has 0 spiro atoms. The number of nitrogens with one attached hydrogen (secondary N) is 2. The Balaban J connectivity index is 1.58. The number of fused-ring (bicyclic) bond motifs is 1. The third kappa shape index (κ3) is 4.28. The first-order valence-electron chi connectivity index (χ1n) is 8.97. The highest BCUT2D eigenvalue weighted by molar-refractivity contribution is 7.91. The second-order valence-electron chi connectivity index (χ2n) is 8.41. The van der Waals surface area contributed by atoms with Crippen molar-refractivity contribution in [2.75, 3.05) is 11.5 Å². The number of hydrogen-bond donors (Lipinski definition) is 2. The van der Waals surface area contributed by atoms with E-state index < -0.39 is 21.7 Å². The van der Waals surface area contributed by atoms with Crippen molar-refractivity contribution in [1.82, 2.24) is 10.9 Å². The van der Waals surface area contributed by atoms with Crippen molar-refractivity contribution >= 4 is 33.0 Å². The summed E-state index contributed by atoms with van der Waals surface area (Å²) in [5, 5.41) is 0. The van der Waals surface area contributed by atoms with Crippen molar-refractivity contribution < 1.29 is 18.0 Å². The molecule has 1 fully saturated rings. The summed E-state index contributed by atoms with van der Waals surface area (Å²) in [4.78, 5) is 26.2. The number of carbonyl (C=O) groups excluding carboxylic acids is 2. The zero-order valence-corrected chi connectivity index (χ0v) is 17.1. The fraction of sp³-hybridized carbons (Fsp3) is 0.667. The van der Waals surface area contributed by atoms with E-state index in [0.717, 1.165) is 19.3 Å². The maximum atomic E-state index is 12.4. The number of thiophene rings is 1. The van der Waals surface area contributed by atoms with E-state index in [1.54, 1.807) is 0 Å². The molecule has 1 aliphatic carbocycles. The average molecular weight is 399 g/mol. The van der Waals surface area contributed by atoms with Crippen molar-refractivity contribution in [2.45, 2.75) is 46.5 Å². The number of hydrogen-bond acceptors (Lipinski definition) is 5. The maximum absolute atomic E-state index is 12.4. The van der Waals surface area contributed by atoms with Crippen LogP contribution in [0.4, 0.5) is 0 Å². The summed E-state index contributed by atoms with van der Waals surface area (Å²) in [7, 11) is -3.12. The van der Waals surface area contributed by atoms with E-state index in [4.69, 9.17) is 0 Å². The lowest BCUT2D eigenvalue weighted by molar-refractivity contribution is -0.125. The molecule has 2 amide bonds. The Bertz CT molecular complexity index is 821. The largest absolute Gasteiger partial charge is 0.279 e. The molecule has 2 heterocycles. The van der Waals surface area contributed by atoms with Crippen LogP contribution in [0, 0.1) is 17.3 Å². The molecule has 8 heteroatoms. The molecular weight excluding hydrogens is 372 g/mol. The van der Waals surface area contributed by atoms with Gasteiger partial charge in [-0.25, -0.2) is 8.42 Å². The molecule has 2 aliphatic rings. The SMILES string of the molecule is CC(C)(C)C1CCc2sc(C(=O)NNC(=O)C3CCS(=O)(=O)C3)cc2C1. The van der Waals surface area contributed by atoms with Crippen molar-refractivity contribution in [3.63, 3.8) is 0 Å². The van der Waals surface area contributed by atoms with E-state index in [1.807, 2.05) is 6.07 Å². The number of sulfone groups is 1. The van der Waals surface area contributed by atoms with Crippen LogP contribution >= 0.6 is 11.3 Å². The van der Waals surface area contributed by atoms with Gasteiger partial charge in [-0.15, -0.1) is 11.3 Å². The Morgan fingerprint density at radius 3 is 2.54 bits per heavy atom. The number of rotatable bonds is 2. The van der Waals surface area contributed by atoms with Crippen LogP contribution in [-0.2, 0) is 27.5 Å². The zero-order valence-electron chi connectivity index (χ0n) is 15.4. The minimum absolute atomic E-state index is 0.0334. The normalized spacial score (nSPS) is 24.7. The smallest absolute Gasteiger partial charge is 0.273 e. The predicted octanol–water partition coefficient (Wildman–Crippen LogP) is 2.09. The monoisotopic (exact) mass is 398 g/mol. The molecule has 0 saturated carbocycles. The Morgan fingerprint density at radius 1 is 1.19 bits per heavy atom. The van der Waals surface area contributed by atoms with Gasteiger partial charge in [0, 0.05) is 4.88 Å². The summed E-state index contributed by atoms with van der Waals surface area (Å²) in [5.41, 5.74) is 6.29. The summed E-state index contributed by atoms with van der Waals surface area (Å²) >= 11 is 1.48. The Labute approximate surface area is 158 Å². The molecule has 2 N–H and O–H groups in total. The van der Waals surface area contributed by atoms with Gasteiger partial charge in [0.25, 0.3) is 5.91 Å². The lowest BCUT2D eigenvalue weighted by Gasteiger charge is -2.33. The van der Waals surface area contributed by atoms with E-state index in [9.17, 15) is 18.0 Å². The molecule has 2 unspecified atom stereocenters. The minimum Gasteiger partial charge on any atom is -0.273 e. The summed E-state index contributed by atoms with van der Waals surface area (Å²) < 4.78 is 22.9. The first-order valence-corrected chi connectivity index (χ1v) is 11.6. The topological polar surface area (TPSA) is 92.3 Å². The molecule has 2 atom stereocenters. The highest BCUT2D eigenvalue weighted by Gasteiger charge is 2.33. The van der Waals surface area contributed by atoms with Crippen LogP contribution in [0.5, 0.6) is 0 Å². The van der Waals surface area contributed by atoms with Gasteiger partial charge in [-0.1, -0.05) is 20.8 Å². The molecule has 0 bridgehead atoms. The summed E-state index contributed by atoms with van der Waals surface area (Å²) in [6.07, 6.45) is 3.41. The van der Waals surface area contributed by atoms with Gasteiger partial charge in [-0.05, 0) is 48.6 Å². The van der Waals surface area contributed by atoms with E-state index in [2.05, 4.69) is 31.6 Å². The first kappa shape index (κ1) is 19.4. The minimum atomic E-state index is -3.12. The van der Waals surface area contributed by atoms with Gasteiger partial charge < -0.3 is 0 Å². The number of carbonyl (C=O) groups is 2. The number of hydrazine groups is 1. The number of amides is 2. The van der Waals surface area contributed by atoms with Gasteiger partial charge in [-0.3, -0.25) is 20.4 Å². The van der Waals surface area contributed by atoms with Crippen LogP contribution < -0.4 is 10.9 Å². The summed E-state index contributed by atoms with van der Waals surface area (Å²) in [5.74, 6) is -0.865. The lowest BCUT2D eigenvalue weighted by Crippen LogP contribution is -2.44. The van der Waals surface area contributed by atoms with Crippen LogP contribution in [0.3, 0.4) is 0 Å². The van der Waals surface area contributed by atoms with E-state index >= 15 is 0 Å². The van der Waals surface area contributed by atoms with E-state index in [1.165, 1.54) is 21.8 Å². The second kappa shape index (κ2) is 6.96. The molecule has 6 nitrogen and oxygen atoms in total. The van der Waals surface area contributed by atoms with Crippen molar-refractivity contribution in [3.8, 4) is 0 Å². The summed E-state index contributed by atoms with van der Waals surface area (Å²) in [6, 6.07) is 1.93. The van der Waals surface area contributed by atoms with Crippen molar-refractivity contribution in [3.05, 3.63) is 21.4 Å². The molecule has 1 aromatic rings. The van der Waals surface area contributed by atoms with Crippen molar-refractivity contribution in [1.29, 1.82) is 0 Å². The molecule has 1 aliphatic heterocycles. The molecular formula is C18H26N2O4S2. The Kier molecular flexibility index (Phi) is 5.18. The maximum Gasteiger partial charge on any atom is 0.279 e. The van der Waals surface area contributed by atoms with Crippen LogP contribution in [-0.4, -0.2) is 31.7 Å². The van der Waals surface area contributed by atoms with E-state index in [0.29, 0.717) is 17.2 Å². The van der Waals surface area contributed by atoms with Crippen LogP contribution in [0.1, 0.15) is 53.7 Å². The molecule has 3 rings (SSSR count). The predicted molar refractivity (Wildman–Crippen MR) is 102 cm³/mol. The van der Waals surface area contributed by atoms with Gasteiger partial charge in [0.2, 0.25) is 5.91 Å². The van der Waals surface area contributed by atoms with Gasteiger partial charge >= 0.3 is 0 Å². The third-order valence-electron chi connectivity index (χ3n) is 5.43. The van der Waals surface area contributed by atoms with Gasteiger partial charge in [0.05, 0.1) is 22.3 Å². The third-order valence-corrected chi connectivity index (χ3v) is 8.44. The molecule has 144 valence electrons. The Hall–Kier alpha value is -1.41. The average Bonchev–Trinajstić information content (AvgIpc) is 3.13. The van der Waals surface area contributed by atoms with Gasteiger partial charge in [0.15, 0.2) is 9.84 Å². The molecule has 1 aromatic heterocycles. The standard InChI is InChI=1S/C18H26N2O4S2/c1-18(2,3)13-4-5-14-12(8-13)9-15(25-14)17(22)20-19-16(21)11-6-7-26(23,24)10-11/h9,11,13H,4-8,10H2,1-3H3,(H,19,21)(H,20,22). The van der Waals surface area contributed by atoms with Gasteiger partial charge in [0.1, 0.15) is 0 Å². The van der Waals surface area contributed by atoms with Crippen LogP contribution in [0.2, 0.25) is 0 Å². The fourth-order valence-electron chi connectivity index (χ4n) is 3.66. The lowest BCUT2D eigenvalue weighted by atomic mass is 9.72. The van der Waals surface area contributed by atoms with E-state index in [-0.39, 0.29) is 22.8 Å². The second-order valence-corrected chi connectivity index (χ2v) is 11.8. The quantitative estimate of drug-likeness (QED) is 0.746. The highest BCUT2D eigenvalue weighted by Crippen LogP contribution is 2.40. The molecule has 26 heavy (non-hydrogen) atoms. The zero-order chi connectivity index (χ0) is 19.1. The molecule has 1 saturated heterocycles. The number of aryl methyl sites for hydroxylation is 1. The summed E-state index contributed by atoms with van der Waals surface area (Å²) in [6.45, 7) is 6.75. The fourth-order valence-corrected chi connectivity index (χ4v) is 6.50. The van der Waals surface area contributed by atoms with Crippen LogP contribution in [0.15, 0.2) is 6.07 Å². The molecule has 0 aromatic carbocycles. The first-order chi connectivity index (χ1) is 12.0. The molecule has 0 radical (unpaired) electrons. The van der Waals surface area contributed by atoms with Crippen molar-refractivity contribution in [2.24, 2.45) is 17.3 Å². The van der Waals surface area contributed by atoms with Gasteiger partial charge in [-0.2, -0.15) is 0 Å². The highest BCUT2D eigenvalue weighted by atomic mass is 32.2. The Morgan fingerprint density at radius 2 is 1.92 bits per heavy atom.